The van der Waals surface area contributed by atoms with Gasteiger partial charge >= 0.3 is 56.6 Å². The number of hydrogen-bond donors (Lipinski definition) is 0. The van der Waals surface area contributed by atoms with Crippen molar-refractivity contribution in [3.8, 4) is 0 Å². The summed E-state index contributed by atoms with van der Waals surface area (Å²) in [6.07, 6.45) is 0. The molecule has 0 saturated carbocycles. The van der Waals surface area contributed by atoms with Gasteiger partial charge in [0, 0.05) is 0 Å². The van der Waals surface area contributed by atoms with E-state index in [1.54, 1.807) is 0 Å². The zero-order valence-corrected chi connectivity index (χ0v) is 5.70. The summed E-state index contributed by atoms with van der Waals surface area (Å²) in [4.78, 5) is 2.00. The van der Waals surface area contributed by atoms with Crippen molar-refractivity contribution in [2.45, 2.75) is 0 Å². The Balaban J connectivity index is 2.99. The summed E-state index contributed by atoms with van der Waals surface area (Å²) in [5.41, 5.74) is 1.25. The Hall–Kier alpha value is -0.378. The van der Waals surface area contributed by atoms with Gasteiger partial charge in [-0.15, -0.1) is 0 Å². The molecule has 0 aliphatic rings. The van der Waals surface area contributed by atoms with E-state index < -0.39 is 0 Å². The fourth-order valence-corrected chi connectivity index (χ4v) is 0.786. The van der Waals surface area contributed by atoms with Crippen LogP contribution < -0.4 is 0 Å². The van der Waals surface area contributed by atoms with Crippen molar-refractivity contribution in [1.82, 2.24) is 0 Å². The predicted molar refractivity (Wildman–Crippen MR) is 37.4 cm³/mol. The molecule has 0 nitrogen and oxygen atoms in total. The molecule has 0 aliphatic carbocycles. The van der Waals surface area contributed by atoms with Crippen LogP contribution in [-0.4, -0.2) is 20.7 Å². The zero-order chi connectivity index (χ0) is 5.82. The van der Waals surface area contributed by atoms with E-state index in [9.17, 15) is 0 Å². The molecule has 1 rings (SSSR count). The zero-order valence-electron chi connectivity index (χ0n) is 4.54. The molecule has 0 heterocycles. The first-order valence-corrected chi connectivity index (χ1v) is 3.20. The molecule has 1 aromatic carbocycles. The van der Waals surface area contributed by atoms with Crippen molar-refractivity contribution in [3.05, 3.63) is 35.9 Å². The third kappa shape index (κ3) is 1.30. The normalized spacial score (nSPS) is 8.38. The summed E-state index contributed by atoms with van der Waals surface area (Å²) in [5.74, 6) is 0. The van der Waals surface area contributed by atoms with E-state index in [4.69, 9.17) is 0 Å². The first kappa shape index (κ1) is 5.75. The van der Waals surface area contributed by atoms with E-state index >= 15 is 0 Å². The molecular weight excluding hydrogens is 111 g/mol. The molecule has 0 aromatic heterocycles. The molecule has 0 fully saturated rings. The molecule has 37 valence electrons. The fourth-order valence-electron chi connectivity index (χ4n) is 0.564. The topological polar surface area (TPSA) is 0 Å². The molecule has 0 atom stereocenters. The Morgan fingerprint density at radius 3 is 2.12 bits per heavy atom. The average Bonchev–Trinajstić information content (AvgIpc) is 1.90. The van der Waals surface area contributed by atoms with Crippen molar-refractivity contribution >= 4 is 20.7 Å². The maximum atomic E-state index is 2.57. The molecule has 0 N–H and O–H groups in total. The van der Waals surface area contributed by atoms with Crippen LogP contribution >= 0.6 is 0 Å². The van der Waals surface area contributed by atoms with Crippen LogP contribution in [-0.2, 0) is 0 Å². The molecule has 1 aromatic rings. The van der Waals surface area contributed by atoms with Crippen LogP contribution in [0.15, 0.2) is 30.3 Å². The van der Waals surface area contributed by atoms with Gasteiger partial charge in [0.1, 0.15) is 0 Å². The summed E-state index contributed by atoms with van der Waals surface area (Å²) < 4.78 is 0. The van der Waals surface area contributed by atoms with Crippen molar-refractivity contribution < 1.29 is 0 Å². The van der Waals surface area contributed by atoms with Gasteiger partial charge in [-0.1, -0.05) is 0 Å². The van der Waals surface area contributed by atoms with Gasteiger partial charge in [-0.2, -0.15) is 0 Å². The third-order valence-electron chi connectivity index (χ3n) is 0.992. The Morgan fingerprint density at radius 1 is 1.12 bits per heavy atom. The molecule has 0 saturated heterocycles. The van der Waals surface area contributed by atoms with E-state index in [0.717, 1.165) is 0 Å². The standard InChI is InChI=1S/C7H6.Al/c1-7-5-3-2-4-6-7;/h1-6H;. The molecule has 0 spiro atoms. The monoisotopic (exact) mass is 117 g/mol. The summed E-state index contributed by atoms with van der Waals surface area (Å²) in [6, 6.07) is 10.2. The van der Waals surface area contributed by atoms with Gasteiger partial charge in [0.05, 0.1) is 0 Å². The summed E-state index contributed by atoms with van der Waals surface area (Å²) in [5, 5.41) is 0. The maximum absolute atomic E-state index is 2.57. The quantitative estimate of drug-likeness (QED) is 0.481. The predicted octanol–water partition coefficient (Wildman–Crippen LogP) is 1.01. The van der Waals surface area contributed by atoms with Crippen molar-refractivity contribution in [1.29, 1.82) is 0 Å². The second kappa shape index (κ2) is 2.82. The van der Waals surface area contributed by atoms with Gasteiger partial charge < -0.3 is 0 Å². The summed E-state index contributed by atoms with van der Waals surface area (Å²) in [7, 11) is 0. The molecule has 0 unspecified atom stereocenters. The van der Waals surface area contributed by atoms with Crippen molar-refractivity contribution in [2.75, 3.05) is 0 Å². The van der Waals surface area contributed by atoms with E-state index in [1.165, 1.54) is 5.56 Å². The van der Waals surface area contributed by atoms with Crippen LogP contribution in [0.25, 0.3) is 0 Å². The number of hydrogen-bond acceptors (Lipinski definition) is 0. The molecule has 1 heteroatoms. The van der Waals surface area contributed by atoms with E-state index in [2.05, 4.69) is 28.0 Å². The first-order valence-electron chi connectivity index (χ1n) is 2.53. The number of benzene rings is 1. The minimum absolute atomic E-state index is 1.25. The van der Waals surface area contributed by atoms with Gasteiger partial charge in [-0.25, -0.2) is 0 Å². The summed E-state index contributed by atoms with van der Waals surface area (Å²) in [6.45, 7) is 0. The van der Waals surface area contributed by atoms with Crippen LogP contribution in [0.4, 0.5) is 0 Å². The Morgan fingerprint density at radius 2 is 1.75 bits per heavy atom. The molecule has 0 aliphatic heterocycles. The van der Waals surface area contributed by atoms with Crippen LogP contribution in [0, 0.1) is 0 Å². The van der Waals surface area contributed by atoms with Gasteiger partial charge in [0.2, 0.25) is 0 Å². The SMILES string of the molecule is [Al]=[CH]c1ccccc1. The minimum atomic E-state index is 1.25. The first-order chi connectivity index (χ1) is 3.93. The molecule has 0 amide bonds. The van der Waals surface area contributed by atoms with Crippen LogP contribution in [0.1, 0.15) is 5.56 Å². The van der Waals surface area contributed by atoms with Gasteiger partial charge in [-0.05, 0) is 0 Å². The van der Waals surface area contributed by atoms with E-state index in [-0.39, 0.29) is 0 Å². The summed E-state index contributed by atoms with van der Waals surface area (Å²) >= 11 is 2.57. The number of rotatable bonds is 1. The van der Waals surface area contributed by atoms with E-state index in [1.807, 2.05) is 23.1 Å². The second-order valence-corrected chi connectivity index (χ2v) is 1.91. The molecule has 0 bridgehead atoms. The molecular formula is C7H6Al. The second-order valence-electron chi connectivity index (χ2n) is 1.58. The van der Waals surface area contributed by atoms with Crippen molar-refractivity contribution in [2.24, 2.45) is 0 Å². The van der Waals surface area contributed by atoms with E-state index in [0.29, 0.717) is 0 Å². The van der Waals surface area contributed by atoms with Gasteiger partial charge in [0.15, 0.2) is 0 Å². The van der Waals surface area contributed by atoms with Crippen molar-refractivity contribution in [3.63, 3.8) is 0 Å². The van der Waals surface area contributed by atoms with Gasteiger partial charge in [0.25, 0.3) is 0 Å². The molecule has 8 heavy (non-hydrogen) atoms. The van der Waals surface area contributed by atoms with Crippen LogP contribution in [0.3, 0.4) is 0 Å². The fraction of sp³-hybridized carbons (Fsp3) is 0. The average molecular weight is 117 g/mol. The Kier molecular flexibility index (Phi) is 2.03. The van der Waals surface area contributed by atoms with Crippen LogP contribution in [0.5, 0.6) is 0 Å². The third-order valence-corrected chi connectivity index (χ3v) is 1.38. The van der Waals surface area contributed by atoms with Gasteiger partial charge in [-0.3, -0.25) is 0 Å². The molecule has 1 radical (unpaired) electrons. The Labute approximate surface area is 57.1 Å². The Bertz CT molecular complexity index is 167. The van der Waals surface area contributed by atoms with Crippen LogP contribution in [0.2, 0.25) is 0 Å².